The summed E-state index contributed by atoms with van der Waals surface area (Å²) >= 11 is 6.02. The van der Waals surface area contributed by atoms with E-state index in [0.717, 1.165) is 30.0 Å². The van der Waals surface area contributed by atoms with E-state index in [1.165, 1.54) is 0 Å². The van der Waals surface area contributed by atoms with E-state index in [1.54, 1.807) is 7.11 Å². The summed E-state index contributed by atoms with van der Waals surface area (Å²) in [4.78, 5) is 0. The fourth-order valence-electron chi connectivity index (χ4n) is 2.80. The van der Waals surface area contributed by atoms with Gasteiger partial charge in [0.25, 0.3) is 0 Å². The average molecular weight is 348 g/mol. The van der Waals surface area contributed by atoms with Gasteiger partial charge in [0.2, 0.25) is 0 Å². The van der Waals surface area contributed by atoms with Crippen LogP contribution < -0.4 is 14.8 Å². The Hall–Kier alpha value is -1.75. The van der Waals surface area contributed by atoms with E-state index in [9.17, 15) is 0 Å². The Balaban J connectivity index is 1.91. The predicted octanol–water partition coefficient (Wildman–Crippen LogP) is 3.77. The number of rotatable bonds is 5. The van der Waals surface area contributed by atoms with E-state index >= 15 is 0 Å². The van der Waals surface area contributed by atoms with Gasteiger partial charge in [-0.1, -0.05) is 29.8 Å². The van der Waals surface area contributed by atoms with Crippen molar-refractivity contribution in [1.82, 2.24) is 5.32 Å². The number of ether oxygens (including phenoxy) is 3. The zero-order chi connectivity index (χ0) is 16.9. The van der Waals surface area contributed by atoms with Gasteiger partial charge in [-0.05, 0) is 42.3 Å². The Kier molecular flexibility index (Phi) is 5.61. The summed E-state index contributed by atoms with van der Waals surface area (Å²) in [5.74, 6) is 1.43. The Morgan fingerprint density at radius 3 is 2.62 bits per heavy atom. The highest BCUT2D eigenvalue weighted by molar-refractivity contribution is 6.30. The second-order valence-electron chi connectivity index (χ2n) is 5.86. The van der Waals surface area contributed by atoms with E-state index in [2.05, 4.69) is 5.32 Å². The van der Waals surface area contributed by atoms with Gasteiger partial charge in [-0.15, -0.1) is 0 Å². The number of aryl methyl sites for hydroxylation is 1. The van der Waals surface area contributed by atoms with E-state index in [0.29, 0.717) is 17.4 Å². The quantitative estimate of drug-likeness (QED) is 0.893. The van der Waals surface area contributed by atoms with Crippen LogP contribution in [0.2, 0.25) is 5.02 Å². The molecule has 0 saturated carbocycles. The number of methoxy groups -OCH3 is 1. The molecule has 5 heteroatoms. The standard InChI is InChI=1S/C19H22ClNO3/c1-13-3-8-16(17(11-13)22-2)24-19(18-12-21-9-10-23-18)14-4-6-15(20)7-5-14/h3-8,11,18-19,21H,9-10,12H2,1-2H3/t18-,19-/m0/s1. The molecule has 1 aliphatic heterocycles. The van der Waals surface area contributed by atoms with Crippen molar-refractivity contribution >= 4 is 11.6 Å². The number of benzene rings is 2. The number of hydrogen-bond acceptors (Lipinski definition) is 4. The van der Waals surface area contributed by atoms with Crippen LogP contribution in [0.4, 0.5) is 0 Å². The van der Waals surface area contributed by atoms with Crippen LogP contribution in [0.25, 0.3) is 0 Å². The maximum Gasteiger partial charge on any atom is 0.162 e. The van der Waals surface area contributed by atoms with Crippen molar-refractivity contribution in [1.29, 1.82) is 0 Å². The third-order valence-corrected chi connectivity index (χ3v) is 4.32. The molecule has 3 rings (SSSR count). The minimum Gasteiger partial charge on any atom is -0.493 e. The number of nitrogens with one attached hydrogen (secondary N) is 1. The molecule has 0 spiro atoms. The lowest BCUT2D eigenvalue weighted by Gasteiger charge is -2.32. The molecular weight excluding hydrogens is 326 g/mol. The van der Waals surface area contributed by atoms with Crippen LogP contribution in [0.5, 0.6) is 11.5 Å². The van der Waals surface area contributed by atoms with Crippen molar-refractivity contribution in [2.45, 2.75) is 19.1 Å². The SMILES string of the molecule is COc1cc(C)ccc1O[C@@H](c1ccc(Cl)cc1)[C@@H]1CNCCO1. The maximum absolute atomic E-state index is 6.32. The lowest BCUT2D eigenvalue weighted by molar-refractivity contribution is -0.0438. The molecule has 0 unspecified atom stereocenters. The van der Waals surface area contributed by atoms with E-state index in [4.69, 9.17) is 25.8 Å². The van der Waals surface area contributed by atoms with Gasteiger partial charge in [0, 0.05) is 18.1 Å². The average Bonchev–Trinajstić information content (AvgIpc) is 2.62. The number of hydrogen-bond donors (Lipinski definition) is 1. The van der Waals surface area contributed by atoms with Gasteiger partial charge in [-0.3, -0.25) is 0 Å². The molecule has 1 fully saturated rings. The highest BCUT2D eigenvalue weighted by Gasteiger charge is 2.28. The molecule has 24 heavy (non-hydrogen) atoms. The first kappa shape index (κ1) is 17.1. The highest BCUT2D eigenvalue weighted by Crippen LogP contribution is 2.34. The molecule has 0 aliphatic carbocycles. The van der Waals surface area contributed by atoms with Crippen LogP contribution in [-0.2, 0) is 4.74 Å². The van der Waals surface area contributed by atoms with Crippen LogP contribution in [-0.4, -0.2) is 32.9 Å². The number of morpholine rings is 1. The second kappa shape index (κ2) is 7.88. The van der Waals surface area contributed by atoms with E-state index in [-0.39, 0.29) is 12.2 Å². The first-order valence-corrected chi connectivity index (χ1v) is 8.44. The molecule has 0 radical (unpaired) electrons. The van der Waals surface area contributed by atoms with Crippen molar-refractivity contribution in [2.24, 2.45) is 0 Å². The van der Waals surface area contributed by atoms with Gasteiger partial charge >= 0.3 is 0 Å². The third kappa shape index (κ3) is 4.01. The molecular formula is C19H22ClNO3. The van der Waals surface area contributed by atoms with Crippen molar-refractivity contribution < 1.29 is 14.2 Å². The lowest BCUT2D eigenvalue weighted by Crippen LogP contribution is -2.43. The zero-order valence-corrected chi connectivity index (χ0v) is 14.7. The summed E-state index contributed by atoms with van der Waals surface area (Å²) in [6.07, 6.45) is -0.322. The highest BCUT2D eigenvalue weighted by atomic mass is 35.5. The van der Waals surface area contributed by atoms with E-state index in [1.807, 2.05) is 49.4 Å². The molecule has 0 aromatic heterocycles. The molecule has 1 heterocycles. The molecule has 128 valence electrons. The first-order valence-electron chi connectivity index (χ1n) is 8.06. The van der Waals surface area contributed by atoms with Gasteiger partial charge in [0.1, 0.15) is 6.10 Å². The first-order chi connectivity index (χ1) is 11.7. The van der Waals surface area contributed by atoms with Gasteiger partial charge in [0.15, 0.2) is 17.6 Å². The molecule has 0 bridgehead atoms. The molecule has 1 aliphatic rings. The van der Waals surface area contributed by atoms with Gasteiger partial charge in [-0.25, -0.2) is 0 Å². The molecule has 2 aromatic rings. The maximum atomic E-state index is 6.32. The van der Waals surface area contributed by atoms with Crippen LogP contribution in [0, 0.1) is 6.92 Å². The van der Waals surface area contributed by atoms with Crippen molar-refractivity contribution in [3.63, 3.8) is 0 Å². The summed E-state index contributed by atoms with van der Waals surface area (Å²) < 4.78 is 17.7. The monoisotopic (exact) mass is 347 g/mol. The van der Waals surface area contributed by atoms with Gasteiger partial charge in [0.05, 0.1) is 13.7 Å². The normalized spacial score (nSPS) is 18.9. The summed E-state index contributed by atoms with van der Waals surface area (Å²) in [6.45, 7) is 4.29. The van der Waals surface area contributed by atoms with Crippen LogP contribution in [0.15, 0.2) is 42.5 Å². The van der Waals surface area contributed by atoms with Crippen molar-refractivity contribution in [2.75, 3.05) is 26.8 Å². The predicted molar refractivity (Wildman–Crippen MR) is 95.2 cm³/mol. The summed E-state index contributed by atoms with van der Waals surface area (Å²) in [6, 6.07) is 13.6. The fourth-order valence-corrected chi connectivity index (χ4v) is 2.93. The molecule has 4 nitrogen and oxygen atoms in total. The largest absolute Gasteiger partial charge is 0.493 e. The van der Waals surface area contributed by atoms with Crippen LogP contribution in [0.3, 0.4) is 0 Å². The second-order valence-corrected chi connectivity index (χ2v) is 6.29. The minimum atomic E-state index is -0.244. The summed E-state index contributed by atoms with van der Waals surface area (Å²) in [5.41, 5.74) is 2.15. The molecule has 1 saturated heterocycles. The van der Waals surface area contributed by atoms with Crippen molar-refractivity contribution in [3.8, 4) is 11.5 Å². The Morgan fingerprint density at radius 1 is 1.17 bits per heavy atom. The fraction of sp³-hybridized carbons (Fsp3) is 0.368. The van der Waals surface area contributed by atoms with Gasteiger partial charge < -0.3 is 19.5 Å². The minimum absolute atomic E-state index is 0.0778. The third-order valence-electron chi connectivity index (χ3n) is 4.07. The smallest absolute Gasteiger partial charge is 0.162 e. The topological polar surface area (TPSA) is 39.7 Å². The Labute approximate surface area is 147 Å². The number of halogens is 1. The molecule has 0 amide bonds. The zero-order valence-electron chi connectivity index (χ0n) is 13.9. The molecule has 2 aromatic carbocycles. The van der Waals surface area contributed by atoms with Gasteiger partial charge in [-0.2, -0.15) is 0 Å². The van der Waals surface area contributed by atoms with Crippen LogP contribution >= 0.6 is 11.6 Å². The summed E-state index contributed by atoms with van der Waals surface area (Å²) in [5, 5.41) is 4.06. The van der Waals surface area contributed by atoms with Crippen LogP contribution in [0.1, 0.15) is 17.2 Å². The summed E-state index contributed by atoms with van der Waals surface area (Å²) in [7, 11) is 1.65. The molecule has 2 atom stereocenters. The molecule has 1 N–H and O–H groups in total. The lowest BCUT2D eigenvalue weighted by atomic mass is 10.0. The van der Waals surface area contributed by atoms with Crippen molar-refractivity contribution in [3.05, 3.63) is 58.6 Å². The Bertz CT molecular complexity index is 669. The van der Waals surface area contributed by atoms with E-state index < -0.39 is 0 Å². The Morgan fingerprint density at radius 2 is 1.96 bits per heavy atom.